The highest BCUT2D eigenvalue weighted by molar-refractivity contribution is 9.10. The zero-order valence-corrected chi connectivity index (χ0v) is 24.5. The maximum absolute atomic E-state index is 13.3. The number of benzene rings is 3. The van der Waals surface area contributed by atoms with E-state index in [0.29, 0.717) is 57.1 Å². The van der Waals surface area contributed by atoms with Gasteiger partial charge in [0.05, 0.1) is 18.4 Å². The quantitative estimate of drug-likeness (QED) is 0.318. The fourth-order valence-corrected chi connectivity index (χ4v) is 6.21. The Bertz CT molecular complexity index is 1360. The number of nitrogens with zero attached hydrogens (tertiary/aromatic N) is 3. The summed E-state index contributed by atoms with van der Waals surface area (Å²) >= 11 is 3.35. The topological polar surface area (TPSA) is 70.2 Å². The van der Waals surface area contributed by atoms with E-state index in [-0.39, 0.29) is 5.91 Å². The normalized spacial score (nSPS) is 14.9. The van der Waals surface area contributed by atoms with Gasteiger partial charge in [0.25, 0.3) is 0 Å². The van der Waals surface area contributed by atoms with Gasteiger partial charge in [0.2, 0.25) is 15.9 Å². The summed E-state index contributed by atoms with van der Waals surface area (Å²) in [5.41, 5.74) is 1.94. The molecule has 1 saturated heterocycles. The van der Waals surface area contributed by atoms with Crippen LogP contribution in [0.5, 0.6) is 5.75 Å². The zero-order chi connectivity index (χ0) is 27.7. The van der Waals surface area contributed by atoms with Gasteiger partial charge < -0.3 is 9.64 Å². The molecule has 39 heavy (non-hydrogen) atoms. The smallest absolute Gasteiger partial charge is 0.243 e. The highest BCUT2D eigenvalue weighted by Gasteiger charge is 2.28. The van der Waals surface area contributed by atoms with E-state index in [2.05, 4.69) is 20.8 Å². The van der Waals surface area contributed by atoms with Crippen molar-refractivity contribution in [3.8, 4) is 5.75 Å². The molecule has 0 aliphatic carbocycles. The van der Waals surface area contributed by atoms with Crippen LogP contribution in [0, 0.1) is 0 Å². The van der Waals surface area contributed by atoms with Crippen molar-refractivity contribution in [2.24, 2.45) is 0 Å². The van der Waals surface area contributed by atoms with Crippen LogP contribution in [-0.4, -0.2) is 81.4 Å². The molecule has 0 N–H and O–H groups in total. The van der Waals surface area contributed by atoms with Gasteiger partial charge in [0.1, 0.15) is 5.75 Å². The van der Waals surface area contributed by atoms with E-state index >= 15 is 0 Å². The Morgan fingerprint density at radius 2 is 1.62 bits per heavy atom. The molecule has 206 valence electrons. The van der Waals surface area contributed by atoms with Gasteiger partial charge in [-0.15, -0.1) is 0 Å². The molecular formula is C30H34BrN3O4S. The summed E-state index contributed by atoms with van der Waals surface area (Å²) in [5.74, 6) is 0.842. The fraction of sp³-hybridized carbons (Fsp3) is 0.300. The van der Waals surface area contributed by atoms with Crippen LogP contribution in [0.15, 0.2) is 94.3 Å². The lowest BCUT2D eigenvalue weighted by atomic mass is 10.1. The molecule has 0 saturated carbocycles. The van der Waals surface area contributed by atoms with Crippen LogP contribution in [0.25, 0.3) is 6.08 Å². The number of para-hydroxylation sites is 1. The molecule has 3 aromatic rings. The maximum atomic E-state index is 13.3. The summed E-state index contributed by atoms with van der Waals surface area (Å²) in [6.07, 6.45) is 4.30. The van der Waals surface area contributed by atoms with Crippen molar-refractivity contribution < 1.29 is 17.9 Å². The Kier molecular flexibility index (Phi) is 10.3. The van der Waals surface area contributed by atoms with Crippen molar-refractivity contribution in [2.45, 2.75) is 11.3 Å². The third kappa shape index (κ3) is 8.02. The van der Waals surface area contributed by atoms with Crippen molar-refractivity contribution in [1.82, 2.24) is 14.1 Å². The average Bonchev–Trinajstić information content (AvgIpc) is 2.96. The molecule has 1 fully saturated rings. The molecule has 9 heteroatoms. The highest BCUT2D eigenvalue weighted by Crippen LogP contribution is 2.21. The molecule has 3 aromatic carbocycles. The van der Waals surface area contributed by atoms with Gasteiger partial charge >= 0.3 is 0 Å². The van der Waals surface area contributed by atoms with E-state index in [4.69, 9.17) is 4.74 Å². The van der Waals surface area contributed by atoms with E-state index in [9.17, 15) is 13.2 Å². The predicted octanol–water partition coefficient (Wildman–Crippen LogP) is 4.55. The number of ether oxygens (including phenoxy) is 1. The molecule has 0 bridgehead atoms. The minimum absolute atomic E-state index is 0.0577. The third-order valence-corrected chi connectivity index (χ3v) is 9.22. The molecule has 1 heterocycles. The number of halogens is 1. The maximum Gasteiger partial charge on any atom is 0.243 e. The number of carbonyl (C=O) groups is 1. The molecule has 1 aliphatic rings. The minimum atomic E-state index is -3.52. The van der Waals surface area contributed by atoms with Crippen molar-refractivity contribution in [3.63, 3.8) is 0 Å². The summed E-state index contributed by atoms with van der Waals surface area (Å²) in [6, 6.07) is 24.3. The lowest BCUT2D eigenvalue weighted by molar-refractivity contribution is -0.130. The molecule has 0 radical (unpaired) electrons. The van der Waals surface area contributed by atoms with E-state index in [1.165, 1.54) is 0 Å². The Hall–Kier alpha value is -2.98. The zero-order valence-electron chi connectivity index (χ0n) is 22.1. The molecular weight excluding hydrogens is 578 g/mol. The Morgan fingerprint density at radius 1 is 0.949 bits per heavy atom. The van der Waals surface area contributed by atoms with Crippen LogP contribution in [0.3, 0.4) is 0 Å². The molecule has 4 rings (SSSR count). The average molecular weight is 613 g/mol. The number of carbonyl (C=O) groups excluding carboxylic acids is 1. The first-order valence-electron chi connectivity index (χ1n) is 13.0. The molecule has 0 atom stereocenters. The van der Waals surface area contributed by atoms with Gasteiger partial charge in [0, 0.05) is 55.8 Å². The van der Waals surface area contributed by atoms with Crippen LogP contribution >= 0.6 is 15.9 Å². The largest absolute Gasteiger partial charge is 0.496 e. The first-order valence-corrected chi connectivity index (χ1v) is 15.2. The first kappa shape index (κ1) is 29.0. The standard InChI is InChI=1S/C30H34BrN3O4S/c1-38-29-12-6-5-10-26(29)11-7-17-33(30(35)24-25-8-3-2-4-9-25)21-18-32-19-22-34(23-20-32)39(36,37)28-15-13-27(31)14-16-28/h2-16H,17-24H2,1H3/b11-7+. The van der Waals surface area contributed by atoms with Crippen molar-refractivity contribution >= 4 is 37.9 Å². The number of rotatable bonds is 11. The number of amides is 1. The van der Waals surface area contributed by atoms with Gasteiger partial charge in [0.15, 0.2) is 0 Å². The Balaban J connectivity index is 1.37. The summed E-state index contributed by atoms with van der Waals surface area (Å²) in [4.78, 5) is 17.7. The van der Waals surface area contributed by atoms with Crippen molar-refractivity contribution in [2.75, 3.05) is 52.9 Å². The van der Waals surface area contributed by atoms with E-state index in [1.807, 2.05) is 71.6 Å². The first-order chi connectivity index (χ1) is 18.9. The number of hydrogen-bond donors (Lipinski definition) is 0. The number of hydrogen-bond acceptors (Lipinski definition) is 5. The lowest BCUT2D eigenvalue weighted by Gasteiger charge is -2.35. The summed E-state index contributed by atoms with van der Waals surface area (Å²) < 4.78 is 33.9. The van der Waals surface area contributed by atoms with Gasteiger partial charge in [-0.3, -0.25) is 9.69 Å². The van der Waals surface area contributed by atoms with Crippen molar-refractivity contribution in [1.29, 1.82) is 0 Å². The van der Waals surface area contributed by atoms with E-state index in [0.717, 1.165) is 21.3 Å². The summed E-state index contributed by atoms with van der Waals surface area (Å²) in [6.45, 7) is 3.79. The Labute approximate surface area is 239 Å². The fourth-order valence-electron chi connectivity index (χ4n) is 4.52. The van der Waals surface area contributed by atoms with Crippen molar-refractivity contribution in [3.05, 3.63) is 101 Å². The molecule has 0 aromatic heterocycles. The van der Waals surface area contributed by atoms with Gasteiger partial charge in [-0.25, -0.2) is 8.42 Å². The second-order valence-electron chi connectivity index (χ2n) is 9.35. The third-order valence-electron chi connectivity index (χ3n) is 6.78. The number of piperazine rings is 1. The van der Waals surface area contributed by atoms with Crippen LogP contribution in [0.1, 0.15) is 11.1 Å². The SMILES string of the molecule is COc1ccccc1/C=C/CN(CCN1CCN(S(=O)(=O)c2ccc(Br)cc2)CC1)C(=O)Cc1ccccc1. The number of methoxy groups -OCH3 is 1. The lowest BCUT2D eigenvalue weighted by Crippen LogP contribution is -2.50. The summed E-state index contributed by atoms with van der Waals surface area (Å²) in [5, 5.41) is 0. The molecule has 7 nitrogen and oxygen atoms in total. The van der Waals surface area contributed by atoms with Gasteiger partial charge in [-0.1, -0.05) is 76.6 Å². The van der Waals surface area contributed by atoms with Crippen LogP contribution < -0.4 is 4.74 Å². The molecule has 1 aliphatic heterocycles. The van der Waals surface area contributed by atoms with E-state index in [1.54, 1.807) is 35.7 Å². The monoisotopic (exact) mass is 611 g/mol. The van der Waals surface area contributed by atoms with Crippen LogP contribution in [0.4, 0.5) is 0 Å². The minimum Gasteiger partial charge on any atom is -0.496 e. The number of sulfonamides is 1. The predicted molar refractivity (Wildman–Crippen MR) is 158 cm³/mol. The van der Waals surface area contributed by atoms with Crippen LogP contribution in [0.2, 0.25) is 0 Å². The van der Waals surface area contributed by atoms with Gasteiger partial charge in [-0.2, -0.15) is 4.31 Å². The summed E-state index contributed by atoms with van der Waals surface area (Å²) in [7, 11) is -1.88. The molecule has 1 amide bonds. The van der Waals surface area contributed by atoms with Crippen LogP contribution in [-0.2, 0) is 21.2 Å². The molecule has 0 unspecified atom stereocenters. The second-order valence-corrected chi connectivity index (χ2v) is 12.2. The second kappa shape index (κ2) is 13.9. The van der Waals surface area contributed by atoms with Gasteiger partial charge in [-0.05, 0) is 35.9 Å². The molecule has 0 spiro atoms. The van der Waals surface area contributed by atoms with E-state index < -0.39 is 10.0 Å². The Morgan fingerprint density at radius 3 is 2.31 bits per heavy atom. The highest BCUT2D eigenvalue weighted by atomic mass is 79.9.